The standard InChI is InChI=1S/C14H27N3/c1-4-7-8-9-10-13(15)14-11-12(5-2)16-17(14)6-3/h11,13H,4-10,15H2,1-3H3. The number of unbranched alkanes of at least 4 members (excludes halogenated alkanes) is 3. The summed E-state index contributed by atoms with van der Waals surface area (Å²) in [6.45, 7) is 7.41. The molecule has 0 aliphatic rings. The zero-order chi connectivity index (χ0) is 12.7. The second kappa shape index (κ2) is 7.49. The van der Waals surface area contributed by atoms with E-state index in [0.29, 0.717) is 0 Å². The Hall–Kier alpha value is -0.830. The van der Waals surface area contributed by atoms with E-state index >= 15 is 0 Å². The van der Waals surface area contributed by atoms with E-state index in [1.165, 1.54) is 31.4 Å². The Bertz CT molecular complexity index is 317. The van der Waals surface area contributed by atoms with Crippen molar-refractivity contribution >= 4 is 0 Å². The van der Waals surface area contributed by atoms with E-state index in [1.807, 2.05) is 0 Å². The van der Waals surface area contributed by atoms with Crippen LogP contribution < -0.4 is 5.73 Å². The SMILES string of the molecule is CCCCCCC(N)c1cc(CC)nn1CC. The third kappa shape index (κ3) is 4.15. The van der Waals surface area contributed by atoms with Crippen molar-refractivity contribution in [2.75, 3.05) is 0 Å². The van der Waals surface area contributed by atoms with E-state index < -0.39 is 0 Å². The largest absolute Gasteiger partial charge is 0.323 e. The number of nitrogens with two attached hydrogens (primary N) is 1. The second-order valence-corrected chi connectivity index (χ2v) is 4.69. The van der Waals surface area contributed by atoms with Gasteiger partial charge in [0.15, 0.2) is 0 Å². The van der Waals surface area contributed by atoms with Gasteiger partial charge in [0, 0.05) is 12.6 Å². The molecule has 0 radical (unpaired) electrons. The number of hydrogen-bond acceptors (Lipinski definition) is 2. The molecule has 0 amide bonds. The molecule has 0 aliphatic carbocycles. The monoisotopic (exact) mass is 237 g/mol. The van der Waals surface area contributed by atoms with Gasteiger partial charge in [0.1, 0.15) is 0 Å². The summed E-state index contributed by atoms with van der Waals surface area (Å²) in [7, 11) is 0. The molecule has 3 nitrogen and oxygen atoms in total. The Balaban J connectivity index is 2.54. The molecule has 1 rings (SSSR count). The normalized spacial score (nSPS) is 12.9. The number of aromatic nitrogens is 2. The molecular weight excluding hydrogens is 210 g/mol. The highest BCUT2D eigenvalue weighted by molar-refractivity contribution is 5.14. The second-order valence-electron chi connectivity index (χ2n) is 4.69. The molecule has 2 N–H and O–H groups in total. The van der Waals surface area contributed by atoms with Crippen LogP contribution in [0.15, 0.2) is 6.07 Å². The van der Waals surface area contributed by atoms with Crippen LogP contribution in [-0.2, 0) is 13.0 Å². The van der Waals surface area contributed by atoms with Crippen LogP contribution in [0.1, 0.15) is 70.3 Å². The Morgan fingerprint density at radius 3 is 2.59 bits per heavy atom. The summed E-state index contributed by atoms with van der Waals surface area (Å²) in [6.07, 6.45) is 7.19. The van der Waals surface area contributed by atoms with Crippen LogP contribution in [-0.4, -0.2) is 9.78 Å². The first kappa shape index (κ1) is 14.2. The lowest BCUT2D eigenvalue weighted by Crippen LogP contribution is -2.15. The molecule has 0 aliphatic heterocycles. The minimum atomic E-state index is 0.152. The van der Waals surface area contributed by atoms with Crippen molar-refractivity contribution in [2.45, 2.75) is 71.9 Å². The minimum absolute atomic E-state index is 0.152. The summed E-state index contributed by atoms with van der Waals surface area (Å²) in [6, 6.07) is 2.33. The minimum Gasteiger partial charge on any atom is -0.323 e. The van der Waals surface area contributed by atoms with E-state index in [1.54, 1.807) is 0 Å². The fraction of sp³-hybridized carbons (Fsp3) is 0.786. The molecule has 1 heterocycles. The van der Waals surface area contributed by atoms with Crippen molar-refractivity contribution in [1.29, 1.82) is 0 Å². The van der Waals surface area contributed by atoms with Crippen molar-refractivity contribution in [3.05, 3.63) is 17.5 Å². The molecule has 0 saturated heterocycles. The van der Waals surface area contributed by atoms with E-state index in [2.05, 4.69) is 36.6 Å². The quantitative estimate of drug-likeness (QED) is 0.704. The lowest BCUT2D eigenvalue weighted by molar-refractivity contribution is 0.515. The van der Waals surface area contributed by atoms with Gasteiger partial charge in [0.2, 0.25) is 0 Å². The van der Waals surface area contributed by atoms with Crippen LogP contribution in [0.3, 0.4) is 0 Å². The van der Waals surface area contributed by atoms with Gasteiger partial charge in [-0.2, -0.15) is 5.10 Å². The summed E-state index contributed by atoms with van der Waals surface area (Å²) in [5, 5.41) is 4.55. The Morgan fingerprint density at radius 2 is 2.00 bits per heavy atom. The van der Waals surface area contributed by atoms with Gasteiger partial charge < -0.3 is 5.73 Å². The fourth-order valence-corrected chi connectivity index (χ4v) is 2.15. The van der Waals surface area contributed by atoms with Gasteiger partial charge in [-0.1, -0.05) is 39.5 Å². The van der Waals surface area contributed by atoms with Gasteiger partial charge in [-0.15, -0.1) is 0 Å². The van der Waals surface area contributed by atoms with Crippen molar-refractivity contribution in [3.63, 3.8) is 0 Å². The first-order valence-electron chi connectivity index (χ1n) is 7.05. The molecule has 1 aromatic heterocycles. The molecular formula is C14H27N3. The molecule has 0 aromatic carbocycles. The highest BCUT2D eigenvalue weighted by atomic mass is 15.3. The van der Waals surface area contributed by atoms with E-state index in [9.17, 15) is 0 Å². The van der Waals surface area contributed by atoms with Gasteiger partial charge in [0.25, 0.3) is 0 Å². The van der Waals surface area contributed by atoms with Crippen LogP contribution in [0.5, 0.6) is 0 Å². The van der Waals surface area contributed by atoms with E-state index in [0.717, 1.165) is 25.1 Å². The summed E-state index contributed by atoms with van der Waals surface area (Å²) >= 11 is 0. The lowest BCUT2D eigenvalue weighted by Gasteiger charge is -2.12. The van der Waals surface area contributed by atoms with Crippen molar-refractivity contribution in [3.8, 4) is 0 Å². The molecule has 3 heteroatoms. The van der Waals surface area contributed by atoms with Crippen LogP contribution in [0, 0.1) is 0 Å². The van der Waals surface area contributed by atoms with Gasteiger partial charge in [-0.3, -0.25) is 4.68 Å². The summed E-state index contributed by atoms with van der Waals surface area (Å²) in [5.74, 6) is 0. The van der Waals surface area contributed by atoms with Crippen molar-refractivity contribution in [1.82, 2.24) is 9.78 Å². The topological polar surface area (TPSA) is 43.8 Å². The van der Waals surface area contributed by atoms with Crippen LogP contribution >= 0.6 is 0 Å². The first-order valence-corrected chi connectivity index (χ1v) is 7.05. The molecule has 17 heavy (non-hydrogen) atoms. The molecule has 0 fully saturated rings. The van der Waals surface area contributed by atoms with Crippen LogP contribution in [0.4, 0.5) is 0 Å². The summed E-state index contributed by atoms with van der Waals surface area (Å²) in [4.78, 5) is 0. The molecule has 1 aromatic rings. The third-order valence-corrected chi connectivity index (χ3v) is 3.27. The zero-order valence-electron chi connectivity index (χ0n) is 11.6. The maximum Gasteiger partial charge on any atom is 0.0625 e. The molecule has 0 spiro atoms. The smallest absolute Gasteiger partial charge is 0.0625 e. The van der Waals surface area contributed by atoms with Crippen molar-refractivity contribution < 1.29 is 0 Å². The zero-order valence-corrected chi connectivity index (χ0v) is 11.6. The summed E-state index contributed by atoms with van der Waals surface area (Å²) in [5.41, 5.74) is 8.63. The lowest BCUT2D eigenvalue weighted by atomic mass is 10.0. The molecule has 1 atom stereocenters. The summed E-state index contributed by atoms with van der Waals surface area (Å²) < 4.78 is 2.06. The van der Waals surface area contributed by atoms with Gasteiger partial charge in [-0.05, 0) is 25.8 Å². The van der Waals surface area contributed by atoms with Crippen molar-refractivity contribution in [2.24, 2.45) is 5.73 Å². The molecule has 0 bridgehead atoms. The van der Waals surface area contributed by atoms with Gasteiger partial charge in [0.05, 0.1) is 11.4 Å². The van der Waals surface area contributed by atoms with Gasteiger partial charge in [-0.25, -0.2) is 0 Å². The average Bonchev–Trinajstić information content (AvgIpc) is 2.77. The van der Waals surface area contributed by atoms with E-state index in [-0.39, 0.29) is 6.04 Å². The van der Waals surface area contributed by atoms with Crippen LogP contribution in [0.2, 0.25) is 0 Å². The highest BCUT2D eigenvalue weighted by Crippen LogP contribution is 2.19. The molecule has 1 unspecified atom stereocenters. The predicted octanol–water partition coefficient (Wildman–Crippen LogP) is 3.44. The van der Waals surface area contributed by atoms with E-state index in [4.69, 9.17) is 5.73 Å². The number of nitrogens with zero attached hydrogens (tertiary/aromatic N) is 2. The fourth-order valence-electron chi connectivity index (χ4n) is 2.15. The third-order valence-electron chi connectivity index (χ3n) is 3.27. The van der Waals surface area contributed by atoms with Crippen LogP contribution in [0.25, 0.3) is 0 Å². The first-order chi connectivity index (χ1) is 8.22. The number of rotatable bonds is 8. The maximum absolute atomic E-state index is 6.26. The number of aryl methyl sites for hydroxylation is 2. The van der Waals surface area contributed by atoms with Gasteiger partial charge >= 0.3 is 0 Å². The molecule has 0 saturated carbocycles. The Labute approximate surface area is 105 Å². The number of hydrogen-bond donors (Lipinski definition) is 1. The Morgan fingerprint density at radius 1 is 1.24 bits per heavy atom. The predicted molar refractivity (Wildman–Crippen MR) is 73.0 cm³/mol. The molecule has 98 valence electrons. The Kier molecular flexibility index (Phi) is 6.27. The highest BCUT2D eigenvalue weighted by Gasteiger charge is 2.13. The average molecular weight is 237 g/mol. The maximum atomic E-state index is 6.26.